The number of benzene rings is 1. The normalized spacial score (nSPS) is 10.7. The smallest absolute Gasteiger partial charge is 0.248 e. The van der Waals surface area contributed by atoms with E-state index in [-0.39, 0.29) is 0 Å². The fraction of sp³-hybridized carbons (Fsp3) is 0.118. The van der Waals surface area contributed by atoms with E-state index in [1.807, 2.05) is 19.1 Å². The van der Waals surface area contributed by atoms with Gasteiger partial charge in [0.25, 0.3) is 0 Å². The number of pyridine rings is 2. The predicted octanol–water partition coefficient (Wildman–Crippen LogP) is 2.38. The molecule has 0 spiro atoms. The lowest BCUT2D eigenvalue weighted by molar-refractivity contribution is 0.100. The summed E-state index contributed by atoms with van der Waals surface area (Å²) in [5, 5.41) is 0.815. The maximum absolute atomic E-state index is 11.3. The van der Waals surface area contributed by atoms with Crippen molar-refractivity contribution in [3.8, 4) is 17.0 Å². The van der Waals surface area contributed by atoms with Gasteiger partial charge in [0.2, 0.25) is 5.91 Å². The molecule has 0 saturated carbocycles. The predicted molar refractivity (Wildman–Crippen MR) is 89.1 cm³/mol. The van der Waals surface area contributed by atoms with Crippen LogP contribution in [0.1, 0.15) is 17.3 Å². The van der Waals surface area contributed by atoms with Crippen LogP contribution in [-0.4, -0.2) is 22.5 Å². The number of primary amides is 1. The first kappa shape index (κ1) is 14.8. The van der Waals surface area contributed by atoms with Gasteiger partial charge in [-0.2, -0.15) is 0 Å². The van der Waals surface area contributed by atoms with Gasteiger partial charge in [-0.05, 0) is 25.1 Å². The summed E-state index contributed by atoms with van der Waals surface area (Å²) in [6.07, 6.45) is 1.64. The van der Waals surface area contributed by atoms with E-state index in [0.717, 1.165) is 10.9 Å². The highest BCUT2D eigenvalue weighted by Crippen LogP contribution is 2.29. The van der Waals surface area contributed by atoms with Crippen LogP contribution in [-0.2, 0) is 0 Å². The molecule has 0 aliphatic heterocycles. The number of hydrogen-bond acceptors (Lipinski definition) is 5. The van der Waals surface area contributed by atoms with Crippen LogP contribution in [0.4, 0.5) is 5.82 Å². The van der Waals surface area contributed by atoms with Gasteiger partial charge in [-0.1, -0.05) is 12.1 Å². The molecule has 3 aromatic rings. The Labute approximate surface area is 133 Å². The Bertz CT molecular complexity index is 893. The second kappa shape index (κ2) is 5.92. The summed E-state index contributed by atoms with van der Waals surface area (Å²) in [7, 11) is 0. The number of nitrogens with two attached hydrogens (primary N) is 2. The monoisotopic (exact) mass is 308 g/mol. The molecule has 0 aliphatic carbocycles. The second-order valence-corrected chi connectivity index (χ2v) is 5.01. The van der Waals surface area contributed by atoms with Crippen molar-refractivity contribution < 1.29 is 9.53 Å². The first-order chi connectivity index (χ1) is 11.1. The number of ether oxygens (including phenoxy) is 1. The van der Waals surface area contributed by atoms with E-state index in [2.05, 4.69) is 9.97 Å². The van der Waals surface area contributed by atoms with Crippen molar-refractivity contribution in [3.63, 3.8) is 0 Å². The molecule has 0 unspecified atom stereocenters. The minimum absolute atomic E-state index is 0.381. The van der Waals surface area contributed by atoms with Crippen LogP contribution in [0.5, 0.6) is 5.75 Å². The summed E-state index contributed by atoms with van der Waals surface area (Å²) in [4.78, 5) is 20.0. The Hall–Kier alpha value is -3.15. The second-order valence-electron chi connectivity index (χ2n) is 5.01. The van der Waals surface area contributed by atoms with Crippen molar-refractivity contribution in [1.82, 2.24) is 9.97 Å². The van der Waals surface area contributed by atoms with Crippen molar-refractivity contribution in [2.45, 2.75) is 6.92 Å². The maximum atomic E-state index is 11.3. The zero-order valence-electron chi connectivity index (χ0n) is 12.6. The lowest BCUT2D eigenvalue weighted by atomic mass is 10.1. The third-order valence-corrected chi connectivity index (χ3v) is 3.42. The van der Waals surface area contributed by atoms with Crippen LogP contribution >= 0.6 is 0 Å². The molecule has 2 heterocycles. The molecule has 6 nitrogen and oxygen atoms in total. The molecule has 0 atom stereocenters. The van der Waals surface area contributed by atoms with E-state index in [1.54, 1.807) is 30.5 Å². The summed E-state index contributed by atoms with van der Waals surface area (Å²) in [5.41, 5.74) is 13.7. The fourth-order valence-electron chi connectivity index (χ4n) is 2.38. The van der Waals surface area contributed by atoms with Gasteiger partial charge in [0.1, 0.15) is 11.6 Å². The highest BCUT2D eigenvalue weighted by Gasteiger charge is 2.10. The molecule has 6 heteroatoms. The maximum Gasteiger partial charge on any atom is 0.248 e. The first-order valence-corrected chi connectivity index (χ1v) is 7.18. The molecule has 4 N–H and O–H groups in total. The molecule has 116 valence electrons. The molecule has 1 aromatic carbocycles. The molecule has 0 saturated heterocycles. The average Bonchev–Trinajstić information content (AvgIpc) is 2.55. The van der Waals surface area contributed by atoms with Gasteiger partial charge >= 0.3 is 0 Å². The Balaban J connectivity index is 2.16. The highest BCUT2D eigenvalue weighted by atomic mass is 16.5. The summed E-state index contributed by atoms with van der Waals surface area (Å²) in [6.45, 7) is 2.42. The van der Waals surface area contributed by atoms with Gasteiger partial charge in [-0.3, -0.25) is 9.78 Å². The number of carbonyl (C=O) groups is 1. The number of carbonyl (C=O) groups excluding carboxylic acids is 1. The van der Waals surface area contributed by atoms with E-state index in [1.165, 1.54) is 0 Å². The van der Waals surface area contributed by atoms with Gasteiger partial charge in [0, 0.05) is 22.6 Å². The number of aromatic nitrogens is 2. The third kappa shape index (κ3) is 2.91. The summed E-state index contributed by atoms with van der Waals surface area (Å²) in [5.74, 6) is 0.563. The zero-order valence-corrected chi connectivity index (χ0v) is 12.6. The van der Waals surface area contributed by atoms with Gasteiger partial charge in [-0.25, -0.2) is 4.98 Å². The lowest BCUT2D eigenvalue weighted by Crippen LogP contribution is -2.10. The van der Waals surface area contributed by atoms with Crippen molar-refractivity contribution in [2.75, 3.05) is 12.3 Å². The van der Waals surface area contributed by atoms with Gasteiger partial charge in [0.05, 0.1) is 24.0 Å². The largest absolute Gasteiger partial charge is 0.493 e. The standard InChI is InChI=1S/C17H16N4O2/c1-2-23-15-8-16(18)21-14-9-20-13(7-12(14)15)10-4-3-5-11(6-10)17(19)22/h3-9H,2H2,1H3,(H2,18,21)(H2,19,22). The molecule has 0 radical (unpaired) electrons. The zero-order chi connectivity index (χ0) is 16.4. The van der Waals surface area contributed by atoms with E-state index in [4.69, 9.17) is 16.2 Å². The topological polar surface area (TPSA) is 104 Å². The Morgan fingerprint density at radius 3 is 2.83 bits per heavy atom. The van der Waals surface area contributed by atoms with Gasteiger partial charge in [-0.15, -0.1) is 0 Å². The van der Waals surface area contributed by atoms with Crippen molar-refractivity contribution in [1.29, 1.82) is 0 Å². The van der Waals surface area contributed by atoms with E-state index in [0.29, 0.717) is 34.9 Å². The van der Waals surface area contributed by atoms with Crippen LogP contribution < -0.4 is 16.2 Å². The first-order valence-electron chi connectivity index (χ1n) is 7.18. The average molecular weight is 308 g/mol. The molecule has 1 amide bonds. The SMILES string of the molecule is CCOc1cc(N)nc2cnc(-c3cccc(C(N)=O)c3)cc12. The molecule has 0 aliphatic rings. The highest BCUT2D eigenvalue weighted by molar-refractivity contribution is 5.94. The van der Waals surface area contributed by atoms with E-state index < -0.39 is 5.91 Å². The Morgan fingerprint density at radius 2 is 2.09 bits per heavy atom. The van der Waals surface area contributed by atoms with Crippen LogP contribution in [0.3, 0.4) is 0 Å². The summed E-state index contributed by atoms with van der Waals surface area (Å²) < 4.78 is 5.63. The molecular weight excluding hydrogens is 292 g/mol. The Morgan fingerprint density at radius 1 is 1.26 bits per heavy atom. The van der Waals surface area contributed by atoms with Crippen LogP contribution in [0, 0.1) is 0 Å². The number of nitrogen functional groups attached to an aromatic ring is 1. The van der Waals surface area contributed by atoms with Crippen molar-refractivity contribution in [3.05, 3.63) is 48.2 Å². The van der Waals surface area contributed by atoms with E-state index >= 15 is 0 Å². The quantitative estimate of drug-likeness (QED) is 0.770. The number of hydrogen-bond donors (Lipinski definition) is 2. The minimum atomic E-state index is -0.475. The lowest BCUT2D eigenvalue weighted by Gasteiger charge is -2.10. The molecule has 23 heavy (non-hydrogen) atoms. The molecule has 0 fully saturated rings. The number of nitrogens with zero attached hydrogens (tertiary/aromatic N) is 2. The number of anilines is 1. The van der Waals surface area contributed by atoms with Crippen molar-refractivity contribution in [2.24, 2.45) is 5.73 Å². The summed E-state index contributed by atoms with van der Waals surface area (Å²) >= 11 is 0. The summed E-state index contributed by atoms with van der Waals surface area (Å²) in [6, 6.07) is 10.6. The molecular formula is C17H16N4O2. The van der Waals surface area contributed by atoms with Crippen LogP contribution in [0.15, 0.2) is 42.6 Å². The fourth-order valence-corrected chi connectivity index (χ4v) is 2.38. The molecule has 0 bridgehead atoms. The number of fused-ring (bicyclic) bond motifs is 1. The molecule has 2 aromatic heterocycles. The number of amides is 1. The molecule has 3 rings (SSSR count). The third-order valence-electron chi connectivity index (χ3n) is 3.42. The number of rotatable bonds is 4. The van der Waals surface area contributed by atoms with Crippen molar-refractivity contribution >= 4 is 22.6 Å². The van der Waals surface area contributed by atoms with E-state index in [9.17, 15) is 4.79 Å². The van der Waals surface area contributed by atoms with Gasteiger partial charge in [0.15, 0.2) is 0 Å². The van der Waals surface area contributed by atoms with Gasteiger partial charge < -0.3 is 16.2 Å². The van der Waals surface area contributed by atoms with Crippen LogP contribution in [0.2, 0.25) is 0 Å². The Kier molecular flexibility index (Phi) is 3.80. The minimum Gasteiger partial charge on any atom is -0.493 e. The van der Waals surface area contributed by atoms with Crippen LogP contribution in [0.25, 0.3) is 22.2 Å².